The summed E-state index contributed by atoms with van der Waals surface area (Å²) in [6, 6.07) is 0. The summed E-state index contributed by atoms with van der Waals surface area (Å²) in [5.74, 6) is 0. The van der Waals surface area contributed by atoms with E-state index in [0.29, 0.717) is 0 Å². The summed E-state index contributed by atoms with van der Waals surface area (Å²) >= 11 is 0. The van der Waals surface area contributed by atoms with Crippen molar-refractivity contribution in [3.05, 3.63) is 0 Å². The topological polar surface area (TPSA) is 18.5 Å². The first-order valence-electron chi connectivity index (χ1n) is 21.1. The van der Waals surface area contributed by atoms with Gasteiger partial charge in [-0.2, -0.15) is 0 Å². The summed E-state index contributed by atoms with van der Waals surface area (Å²) in [6.45, 7) is 8.69. The zero-order valence-electron chi connectivity index (χ0n) is 31.3. The maximum atomic E-state index is 6.31. The Morgan fingerprint density at radius 2 is 0.455 bits per heavy atom. The van der Waals surface area contributed by atoms with Crippen LogP contribution in [0.15, 0.2) is 0 Å². The zero-order chi connectivity index (χ0) is 31.9. The van der Waals surface area contributed by atoms with E-state index in [-0.39, 0.29) is 6.29 Å². The normalized spacial score (nSPS) is 11.7. The van der Waals surface area contributed by atoms with Crippen molar-refractivity contribution >= 4 is 0 Å². The Labute approximate surface area is 280 Å². The van der Waals surface area contributed by atoms with Crippen LogP contribution in [0.2, 0.25) is 0 Å². The molecule has 0 bridgehead atoms. The van der Waals surface area contributed by atoms with Gasteiger partial charge in [0, 0.05) is 13.2 Å². The monoisotopic (exact) mass is 623 g/mol. The van der Waals surface area contributed by atoms with Gasteiger partial charge in [-0.05, 0) is 25.7 Å². The standard InChI is InChI=1S/C42H86O2/c1-4-7-10-13-16-19-22-25-28-31-34-37-40-43-42(39-36-33-30-27-24-21-18-15-12-9-6-3)44-41-38-35-32-29-26-23-20-17-14-11-8-5-2/h42H,4-41H2,1-3H3. The van der Waals surface area contributed by atoms with Crippen LogP contribution >= 0.6 is 0 Å². The molecule has 0 fully saturated rings. The van der Waals surface area contributed by atoms with Crippen LogP contribution in [0.5, 0.6) is 0 Å². The second-order valence-electron chi connectivity index (χ2n) is 14.3. The van der Waals surface area contributed by atoms with E-state index in [2.05, 4.69) is 20.8 Å². The third-order valence-electron chi connectivity index (χ3n) is 9.65. The molecule has 0 spiro atoms. The van der Waals surface area contributed by atoms with Gasteiger partial charge < -0.3 is 9.47 Å². The summed E-state index contributed by atoms with van der Waals surface area (Å²) in [6.07, 6.45) is 50.0. The van der Waals surface area contributed by atoms with Crippen LogP contribution in [0.4, 0.5) is 0 Å². The van der Waals surface area contributed by atoms with Crippen molar-refractivity contribution in [2.24, 2.45) is 0 Å². The van der Waals surface area contributed by atoms with E-state index in [0.717, 1.165) is 19.6 Å². The van der Waals surface area contributed by atoms with Gasteiger partial charge in [-0.15, -0.1) is 0 Å². The van der Waals surface area contributed by atoms with Gasteiger partial charge in [0.25, 0.3) is 0 Å². The Kier molecular flexibility index (Phi) is 40.9. The quantitative estimate of drug-likeness (QED) is 0.0500. The van der Waals surface area contributed by atoms with E-state index in [1.165, 1.54) is 225 Å². The van der Waals surface area contributed by atoms with Crippen molar-refractivity contribution in [3.8, 4) is 0 Å². The molecule has 0 aliphatic rings. The van der Waals surface area contributed by atoms with Crippen LogP contribution in [0, 0.1) is 0 Å². The second kappa shape index (κ2) is 40.9. The maximum Gasteiger partial charge on any atom is 0.157 e. The molecule has 0 radical (unpaired) electrons. The number of hydrogen-bond acceptors (Lipinski definition) is 2. The van der Waals surface area contributed by atoms with E-state index in [1.807, 2.05) is 0 Å². The molecule has 0 aliphatic heterocycles. The van der Waals surface area contributed by atoms with Gasteiger partial charge in [0.1, 0.15) is 0 Å². The van der Waals surface area contributed by atoms with Gasteiger partial charge in [0.2, 0.25) is 0 Å². The fraction of sp³-hybridized carbons (Fsp3) is 1.00. The Morgan fingerprint density at radius 3 is 0.705 bits per heavy atom. The van der Waals surface area contributed by atoms with Crippen molar-refractivity contribution in [3.63, 3.8) is 0 Å². The van der Waals surface area contributed by atoms with Crippen LogP contribution in [0.1, 0.15) is 252 Å². The van der Waals surface area contributed by atoms with Crippen molar-refractivity contribution in [1.82, 2.24) is 0 Å². The number of hydrogen-bond donors (Lipinski definition) is 0. The van der Waals surface area contributed by atoms with E-state index in [4.69, 9.17) is 9.47 Å². The molecule has 0 aromatic heterocycles. The van der Waals surface area contributed by atoms with Gasteiger partial charge in [0.15, 0.2) is 6.29 Å². The van der Waals surface area contributed by atoms with Crippen LogP contribution in [0.25, 0.3) is 0 Å². The fourth-order valence-electron chi connectivity index (χ4n) is 6.51. The summed E-state index contributed by atoms with van der Waals surface area (Å²) in [5.41, 5.74) is 0. The van der Waals surface area contributed by atoms with Crippen molar-refractivity contribution < 1.29 is 9.47 Å². The lowest BCUT2D eigenvalue weighted by atomic mass is 10.1. The van der Waals surface area contributed by atoms with Gasteiger partial charge >= 0.3 is 0 Å². The predicted octanol–water partition coefficient (Wildman–Crippen LogP) is 15.4. The smallest absolute Gasteiger partial charge is 0.157 e. The third kappa shape index (κ3) is 38.1. The van der Waals surface area contributed by atoms with Crippen molar-refractivity contribution in [1.29, 1.82) is 0 Å². The molecule has 44 heavy (non-hydrogen) atoms. The molecule has 0 unspecified atom stereocenters. The minimum absolute atomic E-state index is 0.0361. The highest BCUT2D eigenvalue weighted by atomic mass is 16.7. The fourth-order valence-corrected chi connectivity index (χ4v) is 6.51. The first kappa shape index (κ1) is 43.9. The molecule has 0 rings (SSSR count). The molecule has 0 saturated heterocycles. The first-order chi connectivity index (χ1) is 21.8. The van der Waals surface area contributed by atoms with E-state index in [1.54, 1.807) is 0 Å². The average Bonchev–Trinajstić information content (AvgIpc) is 3.03. The van der Waals surface area contributed by atoms with Gasteiger partial charge in [0.05, 0.1) is 0 Å². The Balaban J connectivity index is 3.90. The second-order valence-corrected chi connectivity index (χ2v) is 14.3. The Bertz CT molecular complexity index is 448. The summed E-state index contributed by atoms with van der Waals surface area (Å²) in [5, 5.41) is 0. The number of unbranched alkanes of at least 4 members (excludes halogenated alkanes) is 32. The molecule has 0 heterocycles. The molecular formula is C42H86O2. The molecule has 0 N–H and O–H groups in total. The van der Waals surface area contributed by atoms with Crippen LogP contribution in [0.3, 0.4) is 0 Å². The van der Waals surface area contributed by atoms with E-state index < -0.39 is 0 Å². The summed E-state index contributed by atoms with van der Waals surface area (Å²) in [7, 11) is 0. The molecule has 0 aromatic carbocycles. The van der Waals surface area contributed by atoms with Gasteiger partial charge in [-0.3, -0.25) is 0 Å². The minimum atomic E-state index is 0.0361. The largest absolute Gasteiger partial charge is 0.353 e. The Morgan fingerprint density at radius 1 is 0.250 bits per heavy atom. The van der Waals surface area contributed by atoms with Crippen molar-refractivity contribution in [2.45, 2.75) is 258 Å². The number of ether oxygens (including phenoxy) is 2. The highest BCUT2D eigenvalue weighted by Gasteiger charge is 2.09. The molecular weight excluding hydrogens is 536 g/mol. The molecule has 266 valence electrons. The average molecular weight is 623 g/mol. The first-order valence-corrected chi connectivity index (χ1v) is 21.1. The van der Waals surface area contributed by atoms with Crippen LogP contribution in [-0.4, -0.2) is 19.5 Å². The zero-order valence-corrected chi connectivity index (χ0v) is 31.3. The van der Waals surface area contributed by atoms with Crippen molar-refractivity contribution in [2.75, 3.05) is 13.2 Å². The SMILES string of the molecule is CCCCCCCCCCCCCCOC(CCCCCCCCCCCCC)OCCCCCCCCCCCCCC. The van der Waals surface area contributed by atoms with Gasteiger partial charge in [-0.25, -0.2) is 0 Å². The molecule has 0 aromatic rings. The molecule has 2 heteroatoms. The summed E-state index contributed by atoms with van der Waals surface area (Å²) < 4.78 is 12.6. The molecule has 2 nitrogen and oxygen atoms in total. The molecule has 0 aliphatic carbocycles. The molecule has 0 atom stereocenters. The third-order valence-corrected chi connectivity index (χ3v) is 9.65. The lowest BCUT2D eigenvalue weighted by Crippen LogP contribution is -2.19. The van der Waals surface area contributed by atoms with E-state index in [9.17, 15) is 0 Å². The lowest BCUT2D eigenvalue weighted by molar-refractivity contribution is -0.148. The number of rotatable bonds is 40. The van der Waals surface area contributed by atoms with Crippen LogP contribution < -0.4 is 0 Å². The highest BCUT2D eigenvalue weighted by molar-refractivity contribution is 4.54. The van der Waals surface area contributed by atoms with Crippen LogP contribution in [-0.2, 0) is 9.47 Å². The highest BCUT2D eigenvalue weighted by Crippen LogP contribution is 2.17. The van der Waals surface area contributed by atoms with Gasteiger partial charge in [-0.1, -0.05) is 226 Å². The minimum Gasteiger partial charge on any atom is -0.353 e. The summed E-state index contributed by atoms with van der Waals surface area (Å²) in [4.78, 5) is 0. The Hall–Kier alpha value is -0.0800. The maximum absolute atomic E-state index is 6.31. The molecule has 0 saturated carbocycles. The van der Waals surface area contributed by atoms with E-state index >= 15 is 0 Å². The predicted molar refractivity (Wildman–Crippen MR) is 199 cm³/mol. The molecule has 0 amide bonds. The lowest BCUT2D eigenvalue weighted by Gasteiger charge is -2.19.